The molecule has 1 heterocycles. The molecule has 1 aliphatic rings. The summed E-state index contributed by atoms with van der Waals surface area (Å²) in [6.45, 7) is 1.81. The number of imide groups is 1. The molecular formula is C23H15Cl2FN2O2. The second-order valence-electron chi connectivity index (χ2n) is 6.72. The first-order chi connectivity index (χ1) is 14.4. The Labute approximate surface area is 182 Å². The van der Waals surface area contributed by atoms with E-state index < -0.39 is 17.6 Å². The van der Waals surface area contributed by atoms with Crippen molar-refractivity contribution in [2.24, 2.45) is 0 Å². The van der Waals surface area contributed by atoms with Gasteiger partial charge in [-0.05, 0) is 66.6 Å². The van der Waals surface area contributed by atoms with Gasteiger partial charge in [-0.25, -0.2) is 9.29 Å². The fraction of sp³-hybridized carbons (Fsp3) is 0.0435. The first kappa shape index (κ1) is 20.1. The molecule has 0 radical (unpaired) electrons. The van der Waals surface area contributed by atoms with Gasteiger partial charge in [0.2, 0.25) is 0 Å². The molecular weight excluding hydrogens is 426 g/mol. The lowest BCUT2D eigenvalue weighted by atomic mass is 10.0. The number of benzene rings is 3. The molecule has 1 aliphatic heterocycles. The zero-order valence-corrected chi connectivity index (χ0v) is 17.3. The van der Waals surface area contributed by atoms with Gasteiger partial charge in [-0.1, -0.05) is 41.4 Å². The first-order valence-electron chi connectivity index (χ1n) is 9.03. The highest BCUT2D eigenvalue weighted by Gasteiger charge is 2.40. The van der Waals surface area contributed by atoms with Crippen LogP contribution in [0, 0.1) is 12.7 Å². The van der Waals surface area contributed by atoms with Crippen LogP contribution in [-0.4, -0.2) is 11.8 Å². The number of hydrogen-bond donors (Lipinski definition) is 1. The summed E-state index contributed by atoms with van der Waals surface area (Å²) in [6, 6.07) is 17.0. The van der Waals surface area contributed by atoms with Crippen molar-refractivity contribution < 1.29 is 14.0 Å². The predicted octanol–water partition coefficient (Wildman–Crippen LogP) is 5.84. The van der Waals surface area contributed by atoms with Crippen molar-refractivity contribution in [2.75, 3.05) is 10.2 Å². The van der Waals surface area contributed by atoms with E-state index >= 15 is 0 Å². The Morgan fingerprint density at radius 2 is 1.53 bits per heavy atom. The molecule has 0 saturated carbocycles. The van der Waals surface area contributed by atoms with Crippen molar-refractivity contribution in [1.82, 2.24) is 0 Å². The van der Waals surface area contributed by atoms with Gasteiger partial charge in [0, 0.05) is 15.7 Å². The summed E-state index contributed by atoms with van der Waals surface area (Å²) in [5.41, 5.74) is 2.37. The average molecular weight is 441 g/mol. The highest BCUT2D eigenvalue weighted by Crippen LogP contribution is 2.35. The Morgan fingerprint density at radius 3 is 2.20 bits per heavy atom. The minimum Gasteiger partial charge on any atom is -0.350 e. The Kier molecular flexibility index (Phi) is 5.33. The maximum absolute atomic E-state index is 13.4. The molecule has 3 aromatic rings. The van der Waals surface area contributed by atoms with Crippen molar-refractivity contribution in [3.05, 3.63) is 99.4 Å². The van der Waals surface area contributed by atoms with Crippen LogP contribution in [0.1, 0.15) is 11.1 Å². The summed E-state index contributed by atoms with van der Waals surface area (Å²) in [5.74, 6) is -1.48. The molecule has 0 saturated heterocycles. The molecule has 4 nitrogen and oxygen atoms in total. The van der Waals surface area contributed by atoms with Crippen LogP contribution in [0.15, 0.2) is 72.4 Å². The number of anilines is 2. The molecule has 0 atom stereocenters. The third-order valence-electron chi connectivity index (χ3n) is 4.83. The van der Waals surface area contributed by atoms with Crippen LogP contribution in [0.5, 0.6) is 0 Å². The van der Waals surface area contributed by atoms with Crippen LogP contribution >= 0.6 is 23.2 Å². The predicted molar refractivity (Wildman–Crippen MR) is 117 cm³/mol. The topological polar surface area (TPSA) is 49.4 Å². The monoisotopic (exact) mass is 440 g/mol. The zero-order valence-electron chi connectivity index (χ0n) is 15.7. The number of rotatable bonds is 4. The largest absolute Gasteiger partial charge is 0.350 e. The lowest BCUT2D eigenvalue weighted by Crippen LogP contribution is -2.32. The third-order valence-corrected chi connectivity index (χ3v) is 5.49. The van der Waals surface area contributed by atoms with Gasteiger partial charge in [0.1, 0.15) is 11.5 Å². The second kappa shape index (κ2) is 7.94. The second-order valence-corrected chi connectivity index (χ2v) is 7.56. The Hall–Kier alpha value is -3.15. The molecule has 1 N–H and O–H groups in total. The minimum atomic E-state index is -0.527. The summed E-state index contributed by atoms with van der Waals surface area (Å²) in [5, 5.41) is 4.07. The zero-order chi connectivity index (χ0) is 21.4. The molecule has 4 rings (SSSR count). The number of carbonyl (C=O) groups excluding carboxylic acids is 2. The van der Waals surface area contributed by atoms with Crippen LogP contribution in [0.4, 0.5) is 15.8 Å². The maximum atomic E-state index is 13.4. The number of nitrogens with zero attached hydrogens (tertiary/aromatic N) is 1. The molecule has 0 bridgehead atoms. The van der Waals surface area contributed by atoms with Crippen molar-refractivity contribution in [2.45, 2.75) is 6.92 Å². The number of amides is 2. The first-order valence-corrected chi connectivity index (χ1v) is 9.79. The number of nitrogens with one attached hydrogen (secondary N) is 1. The van der Waals surface area contributed by atoms with Crippen molar-refractivity contribution >= 4 is 52.0 Å². The highest BCUT2D eigenvalue weighted by molar-refractivity contribution is 6.46. The third kappa shape index (κ3) is 3.58. The van der Waals surface area contributed by atoms with Crippen LogP contribution in [-0.2, 0) is 9.59 Å². The minimum absolute atomic E-state index is 0.0897. The van der Waals surface area contributed by atoms with E-state index in [4.69, 9.17) is 23.2 Å². The molecule has 150 valence electrons. The van der Waals surface area contributed by atoms with Crippen LogP contribution < -0.4 is 10.2 Å². The smallest absolute Gasteiger partial charge is 0.282 e. The average Bonchev–Trinajstić information content (AvgIpc) is 2.97. The molecule has 0 spiro atoms. The SMILES string of the molecule is Cc1c(Cl)cccc1NC1=C(c2ccc(F)cc2)C(=O)N(c2ccc(Cl)cc2)C1=O. The van der Waals surface area contributed by atoms with Crippen molar-refractivity contribution in [3.63, 3.8) is 0 Å². The summed E-state index contributed by atoms with van der Waals surface area (Å²) < 4.78 is 13.4. The van der Waals surface area contributed by atoms with Gasteiger partial charge in [0.25, 0.3) is 11.8 Å². The molecule has 3 aromatic carbocycles. The van der Waals surface area contributed by atoms with E-state index in [1.807, 2.05) is 0 Å². The van der Waals surface area contributed by atoms with E-state index in [9.17, 15) is 14.0 Å². The van der Waals surface area contributed by atoms with E-state index in [0.29, 0.717) is 27.0 Å². The summed E-state index contributed by atoms with van der Waals surface area (Å²) in [4.78, 5) is 27.7. The Bertz CT molecular complexity index is 1190. The standard InChI is InChI=1S/C23H15Cl2FN2O2/c1-13-18(25)3-2-4-19(13)27-21-20(14-5-9-16(26)10-6-14)22(29)28(23(21)30)17-11-7-15(24)8-12-17/h2-12,27H,1H3. The molecule has 0 unspecified atom stereocenters. The van der Waals surface area contributed by atoms with Gasteiger partial charge in [0.15, 0.2) is 0 Å². The lowest BCUT2D eigenvalue weighted by molar-refractivity contribution is -0.120. The number of hydrogen-bond acceptors (Lipinski definition) is 3. The number of carbonyl (C=O) groups is 2. The van der Waals surface area contributed by atoms with Gasteiger partial charge < -0.3 is 5.32 Å². The van der Waals surface area contributed by atoms with Gasteiger partial charge in [0.05, 0.1) is 11.3 Å². The Balaban J connectivity index is 1.84. The summed E-state index contributed by atoms with van der Waals surface area (Å²) in [7, 11) is 0. The van der Waals surface area contributed by atoms with E-state index in [-0.39, 0.29) is 11.3 Å². The molecule has 2 amide bonds. The lowest BCUT2D eigenvalue weighted by Gasteiger charge is -2.16. The fourth-order valence-corrected chi connectivity index (χ4v) is 3.53. The van der Waals surface area contributed by atoms with E-state index in [1.54, 1.807) is 49.4 Å². The quantitative estimate of drug-likeness (QED) is 0.518. The van der Waals surface area contributed by atoms with E-state index in [0.717, 1.165) is 10.5 Å². The molecule has 7 heteroatoms. The van der Waals surface area contributed by atoms with Crippen LogP contribution in [0.2, 0.25) is 10.0 Å². The van der Waals surface area contributed by atoms with Crippen molar-refractivity contribution in [1.29, 1.82) is 0 Å². The van der Waals surface area contributed by atoms with E-state index in [1.165, 1.54) is 24.3 Å². The normalized spacial score (nSPS) is 13.9. The maximum Gasteiger partial charge on any atom is 0.282 e. The van der Waals surface area contributed by atoms with Crippen molar-refractivity contribution in [3.8, 4) is 0 Å². The highest BCUT2D eigenvalue weighted by atomic mass is 35.5. The fourth-order valence-electron chi connectivity index (χ4n) is 3.23. The molecule has 30 heavy (non-hydrogen) atoms. The summed E-state index contributed by atoms with van der Waals surface area (Å²) in [6.07, 6.45) is 0. The number of halogens is 3. The summed E-state index contributed by atoms with van der Waals surface area (Å²) >= 11 is 12.1. The van der Waals surface area contributed by atoms with Crippen LogP contribution in [0.25, 0.3) is 5.57 Å². The Morgan fingerprint density at radius 1 is 0.867 bits per heavy atom. The van der Waals surface area contributed by atoms with Gasteiger partial charge in [-0.15, -0.1) is 0 Å². The van der Waals surface area contributed by atoms with Crippen LogP contribution in [0.3, 0.4) is 0 Å². The van der Waals surface area contributed by atoms with Gasteiger partial charge >= 0.3 is 0 Å². The van der Waals surface area contributed by atoms with Gasteiger partial charge in [-0.3, -0.25) is 9.59 Å². The molecule has 0 aliphatic carbocycles. The van der Waals surface area contributed by atoms with Gasteiger partial charge in [-0.2, -0.15) is 0 Å². The molecule has 0 fully saturated rings. The van der Waals surface area contributed by atoms with E-state index in [2.05, 4.69) is 5.32 Å². The molecule has 0 aromatic heterocycles.